The summed E-state index contributed by atoms with van der Waals surface area (Å²) in [6.45, 7) is 19.2. The van der Waals surface area contributed by atoms with Gasteiger partial charge in [0.25, 0.3) is 0 Å². The van der Waals surface area contributed by atoms with Gasteiger partial charge in [0, 0.05) is 28.9 Å². The van der Waals surface area contributed by atoms with Gasteiger partial charge in [0.05, 0.1) is 5.60 Å². The van der Waals surface area contributed by atoms with E-state index < -0.39 is 0 Å². The van der Waals surface area contributed by atoms with E-state index >= 15 is 0 Å². The summed E-state index contributed by atoms with van der Waals surface area (Å²) in [5, 5.41) is 2.35. The Balaban J connectivity index is 0.000000317. The summed E-state index contributed by atoms with van der Waals surface area (Å²) in [5.41, 5.74) is 12.2. The molecule has 6 aromatic rings. The van der Waals surface area contributed by atoms with Crippen LogP contribution in [0.25, 0.3) is 44.2 Å². The second-order valence-corrected chi connectivity index (χ2v) is 13.5. The second-order valence-electron chi connectivity index (χ2n) is 13.5. The minimum Gasteiger partial charge on any atom is -0.455 e. The molecule has 0 fully saturated rings. The molecule has 0 saturated heterocycles. The molecule has 0 saturated carbocycles. The number of para-hydroxylation sites is 2. The number of hydrogen-bond acceptors (Lipinski definition) is 2. The van der Waals surface area contributed by atoms with Gasteiger partial charge in [-0.05, 0) is 72.1 Å². The maximum atomic E-state index is 6.41. The van der Waals surface area contributed by atoms with Crippen LogP contribution in [0, 0.1) is 12.3 Å². The summed E-state index contributed by atoms with van der Waals surface area (Å²) in [5.74, 6) is 0. The standard InChI is InChI=1S/C33H24O.C8H18O.C2H6/c1-21-9-7-13-27-28-14-8-12-24(32(28)34-31(21)27)22-17-19-23(20-18-22)33(2)29-15-5-3-10-25(29)26-11-4-6-16-30(26)33;1-7(2,3)8(4,5)9-6;1-2/h3-20H,1-2H3;1-6H3;1-2H3. The van der Waals surface area contributed by atoms with Gasteiger partial charge >= 0.3 is 0 Å². The minimum atomic E-state index is -0.172. The van der Waals surface area contributed by atoms with Crippen LogP contribution in [0.1, 0.15) is 77.6 Å². The Kier molecular flexibility index (Phi) is 8.84. The Morgan fingerprint density at radius 2 is 1.07 bits per heavy atom. The Hall–Kier alpha value is -4.14. The Bertz CT molecular complexity index is 1880. The van der Waals surface area contributed by atoms with E-state index in [2.05, 4.69) is 158 Å². The first-order valence-corrected chi connectivity index (χ1v) is 16.2. The van der Waals surface area contributed by atoms with Crippen molar-refractivity contribution < 1.29 is 9.15 Å². The topological polar surface area (TPSA) is 22.4 Å². The lowest BCUT2D eigenvalue weighted by Crippen LogP contribution is -2.38. The number of methoxy groups -OCH3 is 1. The van der Waals surface area contributed by atoms with Crippen molar-refractivity contribution in [3.63, 3.8) is 0 Å². The first-order valence-electron chi connectivity index (χ1n) is 16.2. The zero-order valence-corrected chi connectivity index (χ0v) is 28.7. The van der Waals surface area contributed by atoms with E-state index in [1.807, 2.05) is 13.8 Å². The monoisotopic (exact) mass is 596 g/mol. The molecule has 0 spiro atoms. The zero-order chi connectivity index (χ0) is 32.6. The SMILES string of the molecule is CC.COC(C)(C)C(C)(C)C.Cc1cccc2c1oc1c(-c3ccc(C4(C)c5ccccc5-c5ccccc54)cc3)cccc12. The number of fused-ring (bicyclic) bond motifs is 6. The molecule has 0 unspecified atom stereocenters. The highest BCUT2D eigenvalue weighted by Gasteiger charge is 2.40. The fraction of sp³-hybridized carbons (Fsp3) is 0.302. The number of furan rings is 1. The molecular formula is C43H48O2. The fourth-order valence-electron chi connectivity index (χ4n) is 6.24. The molecule has 2 nitrogen and oxygen atoms in total. The van der Waals surface area contributed by atoms with Crippen molar-refractivity contribution in [3.05, 3.63) is 131 Å². The molecule has 0 atom stereocenters. The normalized spacial score (nSPS) is 13.4. The van der Waals surface area contributed by atoms with Crippen molar-refractivity contribution in [2.75, 3.05) is 7.11 Å². The van der Waals surface area contributed by atoms with Crippen LogP contribution in [-0.4, -0.2) is 12.7 Å². The second kappa shape index (κ2) is 12.3. The predicted molar refractivity (Wildman–Crippen MR) is 193 cm³/mol. The third-order valence-electron chi connectivity index (χ3n) is 10.0. The van der Waals surface area contributed by atoms with Crippen LogP contribution in [0.4, 0.5) is 0 Å². The molecule has 0 amide bonds. The molecule has 1 heterocycles. The summed E-state index contributed by atoms with van der Waals surface area (Å²) in [6.07, 6.45) is 0. The number of ether oxygens (including phenoxy) is 1. The van der Waals surface area contributed by atoms with Crippen LogP contribution in [0.5, 0.6) is 0 Å². The highest BCUT2D eigenvalue weighted by molar-refractivity contribution is 6.10. The molecule has 1 aromatic heterocycles. The molecule has 5 aromatic carbocycles. The van der Waals surface area contributed by atoms with Gasteiger partial charge in [-0.3, -0.25) is 0 Å². The van der Waals surface area contributed by atoms with E-state index in [1.54, 1.807) is 7.11 Å². The lowest BCUT2D eigenvalue weighted by Gasteiger charge is -2.37. The van der Waals surface area contributed by atoms with Crippen molar-refractivity contribution >= 4 is 21.9 Å². The average Bonchev–Trinajstić information content (AvgIpc) is 3.57. The molecule has 0 N–H and O–H groups in total. The van der Waals surface area contributed by atoms with Crippen molar-refractivity contribution in [1.29, 1.82) is 0 Å². The van der Waals surface area contributed by atoms with Crippen LogP contribution in [0.3, 0.4) is 0 Å². The Morgan fingerprint density at radius 1 is 0.578 bits per heavy atom. The lowest BCUT2D eigenvalue weighted by molar-refractivity contribution is -0.0620. The van der Waals surface area contributed by atoms with E-state index in [9.17, 15) is 0 Å². The highest BCUT2D eigenvalue weighted by Crippen LogP contribution is 2.52. The van der Waals surface area contributed by atoms with Crippen LogP contribution in [0.2, 0.25) is 0 Å². The third kappa shape index (κ3) is 5.51. The molecule has 0 radical (unpaired) electrons. The summed E-state index contributed by atoms with van der Waals surface area (Å²) in [7, 11) is 1.76. The summed E-state index contributed by atoms with van der Waals surface area (Å²) >= 11 is 0. The smallest absolute Gasteiger partial charge is 0.143 e. The van der Waals surface area contributed by atoms with Crippen LogP contribution < -0.4 is 0 Å². The molecule has 232 valence electrons. The van der Waals surface area contributed by atoms with Crippen molar-refractivity contribution in [2.24, 2.45) is 5.41 Å². The van der Waals surface area contributed by atoms with E-state index in [0.717, 1.165) is 16.7 Å². The molecule has 0 bridgehead atoms. The number of hydrogen-bond donors (Lipinski definition) is 0. The van der Waals surface area contributed by atoms with Crippen molar-refractivity contribution in [1.82, 2.24) is 0 Å². The van der Waals surface area contributed by atoms with Gasteiger partial charge in [-0.1, -0.05) is 144 Å². The first-order chi connectivity index (χ1) is 21.5. The van der Waals surface area contributed by atoms with Gasteiger partial charge in [-0.15, -0.1) is 0 Å². The first kappa shape index (κ1) is 32.3. The molecule has 1 aliphatic rings. The van der Waals surface area contributed by atoms with Crippen LogP contribution in [0.15, 0.2) is 114 Å². The summed E-state index contributed by atoms with van der Waals surface area (Å²) in [6, 6.07) is 39.5. The van der Waals surface area contributed by atoms with Crippen LogP contribution in [-0.2, 0) is 10.2 Å². The number of aryl methyl sites for hydroxylation is 1. The quantitative estimate of drug-likeness (QED) is 0.203. The predicted octanol–water partition coefficient (Wildman–Crippen LogP) is 12.4. The van der Waals surface area contributed by atoms with Gasteiger partial charge in [0.15, 0.2) is 0 Å². The molecule has 1 aliphatic carbocycles. The van der Waals surface area contributed by atoms with Gasteiger partial charge in [-0.25, -0.2) is 0 Å². The average molecular weight is 597 g/mol. The molecule has 2 heteroatoms. The van der Waals surface area contributed by atoms with Gasteiger partial charge in [0.1, 0.15) is 11.2 Å². The molecule has 0 aliphatic heterocycles. The van der Waals surface area contributed by atoms with Crippen molar-refractivity contribution in [3.8, 4) is 22.3 Å². The lowest BCUT2D eigenvalue weighted by atomic mass is 9.74. The van der Waals surface area contributed by atoms with Crippen LogP contribution >= 0.6 is 0 Å². The Morgan fingerprint density at radius 3 is 1.58 bits per heavy atom. The van der Waals surface area contributed by atoms with E-state index in [1.165, 1.54) is 49.7 Å². The van der Waals surface area contributed by atoms with E-state index in [4.69, 9.17) is 9.15 Å². The van der Waals surface area contributed by atoms with Gasteiger partial charge < -0.3 is 9.15 Å². The molecule has 7 rings (SSSR count). The maximum Gasteiger partial charge on any atom is 0.143 e. The number of rotatable bonds is 3. The third-order valence-corrected chi connectivity index (χ3v) is 10.0. The van der Waals surface area contributed by atoms with E-state index in [0.29, 0.717) is 0 Å². The highest BCUT2D eigenvalue weighted by atomic mass is 16.5. The van der Waals surface area contributed by atoms with Gasteiger partial charge in [-0.2, -0.15) is 0 Å². The molecule has 45 heavy (non-hydrogen) atoms. The maximum absolute atomic E-state index is 6.41. The Labute approximate surface area is 270 Å². The largest absolute Gasteiger partial charge is 0.455 e. The van der Waals surface area contributed by atoms with Crippen molar-refractivity contribution in [2.45, 2.75) is 73.3 Å². The zero-order valence-electron chi connectivity index (χ0n) is 28.7. The minimum absolute atomic E-state index is 0.0208. The summed E-state index contributed by atoms with van der Waals surface area (Å²) in [4.78, 5) is 0. The number of benzene rings is 5. The molecular weight excluding hydrogens is 548 g/mol. The fourth-order valence-corrected chi connectivity index (χ4v) is 6.24. The van der Waals surface area contributed by atoms with Gasteiger partial charge in [0.2, 0.25) is 0 Å². The summed E-state index contributed by atoms with van der Waals surface area (Å²) < 4.78 is 11.7. The van der Waals surface area contributed by atoms with E-state index in [-0.39, 0.29) is 16.4 Å².